The van der Waals surface area contributed by atoms with Gasteiger partial charge in [0.15, 0.2) is 0 Å². The Balaban J connectivity index is 2.14. The Hall–Kier alpha value is -1.35. The highest BCUT2D eigenvalue weighted by molar-refractivity contribution is 5.73. The third kappa shape index (κ3) is 3.60. The highest BCUT2D eigenvalue weighted by Crippen LogP contribution is 2.43. The van der Waals surface area contributed by atoms with E-state index in [1.54, 1.807) is 6.92 Å². The van der Waals surface area contributed by atoms with Crippen LogP contribution >= 0.6 is 0 Å². The SMILES string of the molecule is CC(C(=O)OC(C)(C)C)C(O)c1ccccc1C1CC1. The minimum absolute atomic E-state index is 0.351. The number of aliphatic hydroxyl groups is 1. The molecule has 0 bridgehead atoms. The van der Waals surface area contributed by atoms with Crippen molar-refractivity contribution in [3.63, 3.8) is 0 Å². The van der Waals surface area contributed by atoms with Crippen molar-refractivity contribution in [2.24, 2.45) is 5.92 Å². The van der Waals surface area contributed by atoms with Crippen LogP contribution in [0.2, 0.25) is 0 Å². The van der Waals surface area contributed by atoms with Crippen LogP contribution in [-0.4, -0.2) is 16.7 Å². The maximum atomic E-state index is 12.1. The van der Waals surface area contributed by atoms with E-state index in [0.717, 1.165) is 5.56 Å². The van der Waals surface area contributed by atoms with E-state index in [-0.39, 0.29) is 5.97 Å². The fourth-order valence-corrected chi connectivity index (χ4v) is 2.34. The highest BCUT2D eigenvalue weighted by atomic mass is 16.6. The van der Waals surface area contributed by atoms with Gasteiger partial charge in [0.25, 0.3) is 0 Å². The Kier molecular flexibility index (Phi) is 4.19. The second-order valence-corrected chi connectivity index (χ2v) is 6.67. The molecule has 0 radical (unpaired) electrons. The zero-order chi connectivity index (χ0) is 14.9. The fourth-order valence-electron chi connectivity index (χ4n) is 2.34. The van der Waals surface area contributed by atoms with Crippen molar-refractivity contribution in [1.29, 1.82) is 0 Å². The van der Waals surface area contributed by atoms with Gasteiger partial charge in [-0.05, 0) is 57.6 Å². The van der Waals surface area contributed by atoms with Crippen LogP contribution in [-0.2, 0) is 9.53 Å². The van der Waals surface area contributed by atoms with Gasteiger partial charge in [-0.3, -0.25) is 4.79 Å². The van der Waals surface area contributed by atoms with Gasteiger partial charge in [-0.25, -0.2) is 0 Å². The van der Waals surface area contributed by atoms with Crippen LogP contribution in [0, 0.1) is 5.92 Å². The number of rotatable bonds is 4. The molecule has 1 N–H and O–H groups in total. The minimum atomic E-state index is -0.804. The summed E-state index contributed by atoms with van der Waals surface area (Å²) in [5.74, 6) is -0.364. The molecule has 0 saturated heterocycles. The van der Waals surface area contributed by atoms with E-state index in [1.165, 1.54) is 18.4 Å². The number of benzene rings is 1. The number of carbonyl (C=O) groups is 1. The number of aliphatic hydroxyl groups excluding tert-OH is 1. The van der Waals surface area contributed by atoms with Crippen LogP contribution < -0.4 is 0 Å². The van der Waals surface area contributed by atoms with Gasteiger partial charge in [0.1, 0.15) is 5.60 Å². The summed E-state index contributed by atoms with van der Waals surface area (Å²) in [6, 6.07) is 7.87. The minimum Gasteiger partial charge on any atom is -0.460 e. The molecule has 3 nitrogen and oxygen atoms in total. The first kappa shape index (κ1) is 15.0. The lowest BCUT2D eigenvalue weighted by atomic mass is 9.91. The van der Waals surface area contributed by atoms with Gasteiger partial charge in [-0.2, -0.15) is 0 Å². The molecular formula is C17H24O3. The standard InChI is InChI=1S/C17H24O3/c1-11(16(19)20-17(2,3)4)15(18)14-8-6-5-7-13(14)12-9-10-12/h5-8,11-12,15,18H,9-10H2,1-4H3. The molecule has 1 saturated carbocycles. The monoisotopic (exact) mass is 276 g/mol. The van der Waals surface area contributed by atoms with Crippen molar-refractivity contribution in [2.75, 3.05) is 0 Å². The van der Waals surface area contributed by atoms with E-state index >= 15 is 0 Å². The molecule has 2 rings (SSSR count). The van der Waals surface area contributed by atoms with Crippen molar-refractivity contribution in [2.45, 2.75) is 58.2 Å². The maximum absolute atomic E-state index is 12.1. The predicted octanol–water partition coefficient (Wildman–Crippen LogP) is 3.58. The number of esters is 1. The van der Waals surface area contributed by atoms with Crippen molar-refractivity contribution in [1.82, 2.24) is 0 Å². The summed E-state index contributed by atoms with van der Waals surface area (Å²) in [7, 11) is 0. The largest absolute Gasteiger partial charge is 0.460 e. The zero-order valence-corrected chi connectivity index (χ0v) is 12.7. The lowest BCUT2D eigenvalue weighted by Crippen LogP contribution is -2.30. The molecule has 1 aromatic rings. The molecule has 0 heterocycles. The van der Waals surface area contributed by atoms with Crippen molar-refractivity contribution in [3.05, 3.63) is 35.4 Å². The summed E-state index contributed by atoms with van der Waals surface area (Å²) in [6.07, 6.45) is 1.54. The molecule has 1 fully saturated rings. The van der Waals surface area contributed by atoms with Crippen LogP contribution in [0.25, 0.3) is 0 Å². The van der Waals surface area contributed by atoms with E-state index in [9.17, 15) is 9.90 Å². The van der Waals surface area contributed by atoms with Crippen LogP contribution in [0.3, 0.4) is 0 Å². The van der Waals surface area contributed by atoms with Crippen LogP contribution in [0.5, 0.6) is 0 Å². The number of hydrogen-bond acceptors (Lipinski definition) is 3. The highest BCUT2D eigenvalue weighted by Gasteiger charge is 2.33. The Morgan fingerprint density at radius 2 is 1.90 bits per heavy atom. The number of ether oxygens (including phenoxy) is 1. The molecular weight excluding hydrogens is 252 g/mol. The third-order valence-electron chi connectivity index (χ3n) is 3.58. The van der Waals surface area contributed by atoms with Crippen molar-refractivity contribution >= 4 is 5.97 Å². The van der Waals surface area contributed by atoms with Crippen molar-refractivity contribution < 1.29 is 14.6 Å². The second-order valence-electron chi connectivity index (χ2n) is 6.67. The normalized spacial score (nSPS) is 18.4. The van der Waals surface area contributed by atoms with Crippen LogP contribution in [0.1, 0.15) is 63.7 Å². The average Bonchev–Trinajstić information content (AvgIpc) is 3.19. The summed E-state index contributed by atoms with van der Waals surface area (Å²) in [6.45, 7) is 7.23. The quantitative estimate of drug-likeness (QED) is 0.855. The van der Waals surface area contributed by atoms with Gasteiger partial charge < -0.3 is 9.84 Å². The second kappa shape index (κ2) is 5.57. The van der Waals surface area contributed by atoms with E-state index < -0.39 is 17.6 Å². The van der Waals surface area contributed by atoms with Crippen LogP contribution in [0.15, 0.2) is 24.3 Å². The van der Waals surface area contributed by atoms with Gasteiger partial charge >= 0.3 is 5.97 Å². The lowest BCUT2D eigenvalue weighted by molar-refractivity contribution is -0.163. The lowest BCUT2D eigenvalue weighted by Gasteiger charge is -2.25. The molecule has 1 aliphatic rings. The number of carbonyl (C=O) groups excluding carboxylic acids is 1. The smallest absolute Gasteiger partial charge is 0.312 e. The predicted molar refractivity (Wildman–Crippen MR) is 78.4 cm³/mol. The molecule has 2 atom stereocenters. The Bertz CT molecular complexity index is 483. The van der Waals surface area contributed by atoms with Gasteiger partial charge in [0.05, 0.1) is 12.0 Å². The van der Waals surface area contributed by atoms with Gasteiger partial charge in [-0.1, -0.05) is 24.3 Å². The summed E-state index contributed by atoms with van der Waals surface area (Å²) < 4.78 is 5.36. The Morgan fingerprint density at radius 3 is 2.45 bits per heavy atom. The zero-order valence-electron chi connectivity index (χ0n) is 12.7. The molecule has 3 heteroatoms. The van der Waals surface area contributed by atoms with Gasteiger partial charge in [-0.15, -0.1) is 0 Å². The first-order valence-corrected chi connectivity index (χ1v) is 7.29. The molecule has 110 valence electrons. The van der Waals surface area contributed by atoms with E-state index in [0.29, 0.717) is 5.92 Å². The molecule has 1 aliphatic carbocycles. The molecule has 0 aromatic heterocycles. The average molecular weight is 276 g/mol. The maximum Gasteiger partial charge on any atom is 0.312 e. The van der Waals surface area contributed by atoms with E-state index in [1.807, 2.05) is 39.0 Å². The first-order valence-electron chi connectivity index (χ1n) is 7.29. The molecule has 0 aliphatic heterocycles. The first-order chi connectivity index (χ1) is 9.29. The third-order valence-corrected chi connectivity index (χ3v) is 3.58. The Labute approximate surface area is 121 Å². The van der Waals surface area contributed by atoms with Gasteiger partial charge in [0.2, 0.25) is 0 Å². The van der Waals surface area contributed by atoms with E-state index in [4.69, 9.17) is 4.74 Å². The van der Waals surface area contributed by atoms with E-state index in [2.05, 4.69) is 6.07 Å². The summed E-state index contributed by atoms with van der Waals surface area (Å²) in [5.41, 5.74) is 1.52. The molecule has 0 spiro atoms. The molecule has 20 heavy (non-hydrogen) atoms. The summed E-state index contributed by atoms with van der Waals surface area (Å²) >= 11 is 0. The number of hydrogen-bond donors (Lipinski definition) is 1. The van der Waals surface area contributed by atoms with Crippen molar-refractivity contribution in [3.8, 4) is 0 Å². The Morgan fingerprint density at radius 1 is 1.30 bits per heavy atom. The summed E-state index contributed by atoms with van der Waals surface area (Å²) in [5, 5.41) is 10.5. The molecule has 2 unspecified atom stereocenters. The summed E-state index contributed by atoms with van der Waals surface area (Å²) in [4.78, 5) is 12.1. The fraction of sp³-hybridized carbons (Fsp3) is 0.588. The molecule has 0 amide bonds. The van der Waals surface area contributed by atoms with Gasteiger partial charge in [0, 0.05) is 0 Å². The molecule has 1 aromatic carbocycles. The van der Waals surface area contributed by atoms with Crippen LogP contribution in [0.4, 0.5) is 0 Å². The topological polar surface area (TPSA) is 46.5 Å².